The highest BCUT2D eigenvalue weighted by atomic mass is 19.4. The van der Waals surface area contributed by atoms with Crippen LogP contribution >= 0.6 is 0 Å². The van der Waals surface area contributed by atoms with Crippen molar-refractivity contribution in [3.8, 4) is 5.75 Å². The molecule has 0 heterocycles. The molecule has 1 aromatic carbocycles. The van der Waals surface area contributed by atoms with Crippen LogP contribution < -0.4 is 4.74 Å². The van der Waals surface area contributed by atoms with E-state index in [0.29, 0.717) is 12.0 Å². The van der Waals surface area contributed by atoms with E-state index in [0.717, 1.165) is 12.7 Å². The second-order valence-electron chi connectivity index (χ2n) is 12.0. The predicted molar refractivity (Wildman–Crippen MR) is 152 cm³/mol. The van der Waals surface area contributed by atoms with Crippen molar-refractivity contribution in [3.05, 3.63) is 54.1 Å². The third-order valence-electron chi connectivity index (χ3n) is 7.63. The molecule has 0 aromatic heterocycles. The highest BCUT2D eigenvalue weighted by Crippen LogP contribution is 2.62. The third-order valence-corrected chi connectivity index (χ3v) is 7.63. The SMILES string of the molecule is C[C@H](C=O)C/C=C/[C@H](C)C/C=C/[C@@H](C)[C@H](C)OCc1ccc(OCCCC(F)(F)C(F)(F)C(F)(F)C(F)(F)C(F)(F)C(F)(F)C(F)(F)F)cc1. The molecule has 0 fully saturated rings. The third kappa shape index (κ3) is 10.3. The summed E-state index contributed by atoms with van der Waals surface area (Å²) in [6.45, 7) is 6.77. The number of carbonyl (C=O) groups excluding carboxylic acids is 1. The second-order valence-corrected chi connectivity index (χ2v) is 12.0. The summed E-state index contributed by atoms with van der Waals surface area (Å²) in [4.78, 5) is 10.7. The Hall–Kier alpha value is -2.92. The summed E-state index contributed by atoms with van der Waals surface area (Å²) in [5.41, 5.74) is 0.603. The van der Waals surface area contributed by atoms with Gasteiger partial charge in [-0.25, -0.2) is 0 Å². The quantitative estimate of drug-likeness (QED) is 0.0543. The fraction of sp³-hybridized carbons (Fsp3) is 0.656. The zero-order valence-electron chi connectivity index (χ0n) is 27.1. The Kier molecular flexibility index (Phi) is 15.4. The molecule has 0 aliphatic carbocycles. The van der Waals surface area contributed by atoms with Crippen LogP contribution in [0.4, 0.5) is 65.9 Å². The van der Waals surface area contributed by atoms with Gasteiger partial charge in [-0.3, -0.25) is 0 Å². The maximum absolute atomic E-state index is 14.0. The van der Waals surface area contributed by atoms with E-state index in [-0.39, 0.29) is 36.2 Å². The molecule has 0 radical (unpaired) electrons. The smallest absolute Gasteiger partial charge is 0.460 e. The van der Waals surface area contributed by atoms with Crippen LogP contribution in [0.1, 0.15) is 58.9 Å². The second kappa shape index (κ2) is 17.1. The van der Waals surface area contributed by atoms with Gasteiger partial charge in [0, 0.05) is 12.3 Å². The lowest BCUT2D eigenvalue weighted by atomic mass is 9.90. The number of rotatable bonds is 21. The minimum absolute atomic E-state index is 0.0119. The van der Waals surface area contributed by atoms with Crippen molar-refractivity contribution in [2.45, 2.75) is 108 Å². The topological polar surface area (TPSA) is 35.5 Å². The molecule has 0 N–H and O–H groups in total. The van der Waals surface area contributed by atoms with Gasteiger partial charge in [0.05, 0.1) is 19.3 Å². The van der Waals surface area contributed by atoms with Crippen LogP contribution in [-0.4, -0.2) is 60.7 Å². The van der Waals surface area contributed by atoms with Gasteiger partial charge in [-0.1, -0.05) is 57.2 Å². The molecule has 0 saturated carbocycles. The number of halogens is 15. The average Bonchev–Trinajstić information content (AvgIpc) is 3.01. The molecule has 288 valence electrons. The van der Waals surface area contributed by atoms with E-state index in [1.807, 2.05) is 52.0 Å². The van der Waals surface area contributed by atoms with Crippen molar-refractivity contribution in [1.82, 2.24) is 0 Å². The summed E-state index contributed by atoms with van der Waals surface area (Å²) < 4.78 is 211. The van der Waals surface area contributed by atoms with E-state index in [1.165, 1.54) is 24.3 Å². The Bertz CT molecular complexity index is 1260. The Balaban J connectivity index is 2.71. The maximum Gasteiger partial charge on any atom is 0.460 e. The fourth-order valence-electron chi connectivity index (χ4n) is 4.03. The van der Waals surface area contributed by atoms with Crippen LogP contribution in [0.3, 0.4) is 0 Å². The maximum atomic E-state index is 14.0. The van der Waals surface area contributed by atoms with E-state index in [9.17, 15) is 70.7 Å². The van der Waals surface area contributed by atoms with Crippen molar-refractivity contribution in [1.29, 1.82) is 0 Å². The number of hydrogen-bond acceptors (Lipinski definition) is 3. The van der Waals surface area contributed by atoms with Crippen molar-refractivity contribution in [2.24, 2.45) is 17.8 Å². The first kappa shape index (κ1) is 45.1. The van der Waals surface area contributed by atoms with E-state index in [2.05, 4.69) is 0 Å². The summed E-state index contributed by atoms with van der Waals surface area (Å²) in [5.74, 6) is -46.3. The van der Waals surface area contributed by atoms with Gasteiger partial charge >= 0.3 is 41.7 Å². The van der Waals surface area contributed by atoms with E-state index in [1.54, 1.807) is 0 Å². The zero-order valence-corrected chi connectivity index (χ0v) is 27.1. The molecule has 4 atom stereocenters. The molecule has 0 saturated heterocycles. The van der Waals surface area contributed by atoms with Crippen molar-refractivity contribution < 1.29 is 80.1 Å². The van der Waals surface area contributed by atoms with Crippen LogP contribution in [0, 0.1) is 17.8 Å². The van der Waals surface area contributed by atoms with Crippen molar-refractivity contribution in [2.75, 3.05) is 6.61 Å². The number of hydrogen-bond donors (Lipinski definition) is 0. The van der Waals surface area contributed by atoms with Gasteiger partial charge in [-0.05, 0) is 55.7 Å². The number of aldehydes is 1. The van der Waals surface area contributed by atoms with Crippen LogP contribution in [0.25, 0.3) is 0 Å². The fourth-order valence-corrected chi connectivity index (χ4v) is 4.03. The zero-order chi connectivity index (χ0) is 39.0. The summed E-state index contributed by atoms with van der Waals surface area (Å²) in [5, 5.41) is 0. The lowest BCUT2D eigenvalue weighted by Crippen LogP contribution is -2.72. The molecule has 1 aromatic rings. The molecule has 0 spiro atoms. The van der Waals surface area contributed by atoms with E-state index in [4.69, 9.17) is 9.47 Å². The van der Waals surface area contributed by atoms with Gasteiger partial charge in [0.25, 0.3) is 0 Å². The van der Waals surface area contributed by atoms with Crippen LogP contribution in [0.15, 0.2) is 48.6 Å². The van der Waals surface area contributed by atoms with Gasteiger partial charge in [0.2, 0.25) is 0 Å². The molecule has 0 aliphatic rings. The van der Waals surface area contributed by atoms with E-state index >= 15 is 0 Å². The monoisotopic (exact) mass is 754 g/mol. The first-order valence-electron chi connectivity index (χ1n) is 15.1. The Morgan fingerprint density at radius 3 is 1.64 bits per heavy atom. The molecule has 50 heavy (non-hydrogen) atoms. The van der Waals surface area contributed by atoms with Crippen molar-refractivity contribution in [3.63, 3.8) is 0 Å². The highest BCUT2D eigenvalue weighted by molar-refractivity contribution is 5.52. The van der Waals surface area contributed by atoms with Gasteiger partial charge < -0.3 is 14.3 Å². The van der Waals surface area contributed by atoms with Crippen LogP contribution in [0.5, 0.6) is 5.75 Å². The summed E-state index contributed by atoms with van der Waals surface area (Å²) in [7, 11) is 0. The number of ether oxygens (including phenoxy) is 2. The molecule has 18 heteroatoms. The first-order chi connectivity index (χ1) is 22.6. The Morgan fingerprint density at radius 1 is 0.640 bits per heavy atom. The van der Waals surface area contributed by atoms with E-state index < -0.39 is 61.2 Å². The molecule has 0 aliphatic heterocycles. The number of benzene rings is 1. The largest absolute Gasteiger partial charge is 0.494 e. The molecule has 1 rings (SSSR count). The summed E-state index contributed by atoms with van der Waals surface area (Å²) >= 11 is 0. The first-order valence-corrected chi connectivity index (χ1v) is 15.1. The predicted octanol–water partition coefficient (Wildman–Crippen LogP) is 11.1. The minimum Gasteiger partial charge on any atom is -0.494 e. The number of carbonyl (C=O) groups is 1. The van der Waals surface area contributed by atoms with Gasteiger partial charge in [-0.2, -0.15) is 65.9 Å². The average molecular weight is 755 g/mol. The number of alkyl halides is 15. The Morgan fingerprint density at radius 2 is 1.12 bits per heavy atom. The molecule has 0 bridgehead atoms. The van der Waals surface area contributed by atoms with Crippen LogP contribution in [-0.2, 0) is 16.1 Å². The minimum atomic E-state index is -8.30. The molecular weight excluding hydrogens is 717 g/mol. The molecular formula is C32H37F15O3. The van der Waals surface area contributed by atoms with Gasteiger partial charge in [0.1, 0.15) is 12.0 Å². The van der Waals surface area contributed by atoms with Crippen molar-refractivity contribution >= 4 is 6.29 Å². The number of allylic oxidation sites excluding steroid dienone is 3. The summed E-state index contributed by atoms with van der Waals surface area (Å²) in [6, 6.07) is 5.48. The van der Waals surface area contributed by atoms with Gasteiger partial charge in [0.15, 0.2) is 0 Å². The molecule has 0 amide bonds. The lowest BCUT2D eigenvalue weighted by Gasteiger charge is -2.41. The van der Waals surface area contributed by atoms with Crippen LogP contribution in [0.2, 0.25) is 0 Å². The molecule has 0 unspecified atom stereocenters. The van der Waals surface area contributed by atoms with Gasteiger partial charge in [-0.15, -0.1) is 0 Å². The Labute approximate surface area is 278 Å². The molecule has 3 nitrogen and oxygen atoms in total. The summed E-state index contributed by atoms with van der Waals surface area (Å²) in [6.07, 6.45) is -1.35. The lowest BCUT2D eigenvalue weighted by molar-refractivity contribution is -0.452. The standard InChI is InChI=1S/C32H37F15O3/c1-20(8-5-10-21(2)18-48)9-6-11-22(3)23(4)50-19-24-12-14-25(15-13-24)49-17-7-16-26(33,34)27(35,36)28(37,38)29(39,40)30(41,42)31(43,44)32(45,46)47/h5-6,8,11-15,18,20-23H,7,9-10,16-17,19H2,1-4H3/b8-5+,11-6+/t20-,21-,22+,23-/m0/s1. The highest BCUT2D eigenvalue weighted by Gasteiger charge is 2.93. The normalized spacial score (nSPS) is 16.9.